The van der Waals surface area contributed by atoms with Gasteiger partial charge in [-0.3, -0.25) is 4.79 Å². The molecule has 1 saturated heterocycles. The highest BCUT2D eigenvalue weighted by Gasteiger charge is 2.24. The summed E-state index contributed by atoms with van der Waals surface area (Å²) in [5.74, 6) is -1.18. The van der Waals surface area contributed by atoms with Crippen LogP contribution in [0.5, 0.6) is 0 Å². The average molecular weight is 254 g/mol. The first kappa shape index (κ1) is 13.0. The fourth-order valence-electron chi connectivity index (χ4n) is 2.15. The summed E-state index contributed by atoms with van der Waals surface area (Å²) in [5, 5.41) is 5.76. The number of nitrogens with one attached hydrogen (secondary N) is 2. The van der Waals surface area contributed by atoms with Crippen molar-refractivity contribution in [2.24, 2.45) is 0 Å². The van der Waals surface area contributed by atoms with Crippen LogP contribution in [-0.2, 0) is 4.79 Å². The molecule has 1 aromatic carbocycles. The molecule has 98 valence electrons. The SMILES string of the molecule is CC(NC(=O)[C@@H]1CCCN1)c1cc(F)ccc1F. The van der Waals surface area contributed by atoms with Crippen molar-refractivity contribution in [2.75, 3.05) is 6.54 Å². The molecule has 1 aromatic rings. The van der Waals surface area contributed by atoms with Gasteiger partial charge in [0.25, 0.3) is 0 Å². The molecule has 1 fully saturated rings. The molecule has 5 heteroatoms. The summed E-state index contributed by atoms with van der Waals surface area (Å²) in [4.78, 5) is 11.8. The van der Waals surface area contributed by atoms with Gasteiger partial charge in [0.2, 0.25) is 5.91 Å². The fraction of sp³-hybridized carbons (Fsp3) is 0.462. The number of halogens is 2. The maximum Gasteiger partial charge on any atom is 0.237 e. The Balaban J connectivity index is 2.04. The van der Waals surface area contributed by atoms with Crippen LogP contribution < -0.4 is 10.6 Å². The molecule has 3 nitrogen and oxygen atoms in total. The van der Waals surface area contributed by atoms with E-state index < -0.39 is 17.7 Å². The van der Waals surface area contributed by atoms with Crippen LogP contribution in [-0.4, -0.2) is 18.5 Å². The van der Waals surface area contributed by atoms with Crippen molar-refractivity contribution in [3.05, 3.63) is 35.4 Å². The lowest BCUT2D eigenvalue weighted by molar-refractivity contribution is -0.123. The van der Waals surface area contributed by atoms with E-state index in [-0.39, 0.29) is 17.5 Å². The number of carbonyl (C=O) groups excluding carboxylic acids is 1. The van der Waals surface area contributed by atoms with Gasteiger partial charge in [-0.25, -0.2) is 8.78 Å². The Morgan fingerprint density at radius 1 is 1.50 bits per heavy atom. The van der Waals surface area contributed by atoms with Crippen molar-refractivity contribution in [2.45, 2.75) is 31.8 Å². The zero-order valence-electron chi connectivity index (χ0n) is 10.2. The largest absolute Gasteiger partial charge is 0.348 e. The zero-order valence-corrected chi connectivity index (χ0v) is 10.2. The van der Waals surface area contributed by atoms with Crippen LogP contribution in [0.2, 0.25) is 0 Å². The van der Waals surface area contributed by atoms with Crippen molar-refractivity contribution < 1.29 is 13.6 Å². The Bertz CT molecular complexity index is 445. The summed E-state index contributed by atoms with van der Waals surface area (Å²) >= 11 is 0. The Morgan fingerprint density at radius 3 is 2.94 bits per heavy atom. The smallest absolute Gasteiger partial charge is 0.237 e. The summed E-state index contributed by atoms with van der Waals surface area (Å²) in [7, 11) is 0. The van der Waals surface area contributed by atoms with Crippen molar-refractivity contribution in [3.8, 4) is 0 Å². The molecule has 1 amide bonds. The Morgan fingerprint density at radius 2 is 2.28 bits per heavy atom. The van der Waals surface area contributed by atoms with Gasteiger partial charge in [-0.2, -0.15) is 0 Å². The van der Waals surface area contributed by atoms with Crippen LogP contribution in [0.4, 0.5) is 8.78 Å². The molecule has 0 aromatic heterocycles. The highest BCUT2D eigenvalue weighted by atomic mass is 19.1. The van der Waals surface area contributed by atoms with Crippen LogP contribution in [0.3, 0.4) is 0 Å². The first-order valence-corrected chi connectivity index (χ1v) is 6.06. The average Bonchev–Trinajstić information content (AvgIpc) is 2.85. The lowest BCUT2D eigenvalue weighted by Gasteiger charge is -2.18. The van der Waals surface area contributed by atoms with Gasteiger partial charge >= 0.3 is 0 Å². The maximum atomic E-state index is 13.5. The van der Waals surface area contributed by atoms with Crippen LogP contribution in [0.25, 0.3) is 0 Å². The lowest BCUT2D eigenvalue weighted by Crippen LogP contribution is -2.41. The Labute approximate surface area is 105 Å². The van der Waals surface area contributed by atoms with Crippen molar-refractivity contribution in [3.63, 3.8) is 0 Å². The number of amides is 1. The number of hydrogen-bond donors (Lipinski definition) is 2. The van der Waals surface area contributed by atoms with E-state index in [1.54, 1.807) is 6.92 Å². The standard InChI is InChI=1S/C13H16F2N2O/c1-8(10-7-9(14)4-5-11(10)15)17-13(18)12-3-2-6-16-12/h4-5,7-8,12,16H,2-3,6H2,1H3,(H,17,18)/t8?,12-/m0/s1. The molecule has 0 saturated carbocycles. The van der Waals surface area contributed by atoms with Gasteiger partial charge in [-0.1, -0.05) is 0 Å². The molecule has 2 rings (SSSR count). The summed E-state index contributed by atoms with van der Waals surface area (Å²) in [6.45, 7) is 2.46. The maximum absolute atomic E-state index is 13.5. The quantitative estimate of drug-likeness (QED) is 0.865. The molecule has 1 aliphatic heterocycles. The van der Waals surface area contributed by atoms with Gasteiger partial charge in [0, 0.05) is 5.56 Å². The van der Waals surface area contributed by atoms with Crippen LogP contribution in [0.1, 0.15) is 31.4 Å². The number of carbonyl (C=O) groups is 1. The van der Waals surface area contributed by atoms with Crippen molar-refractivity contribution in [1.29, 1.82) is 0 Å². The minimum Gasteiger partial charge on any atom is -0.348 e. The van der Waals surface area contributed by atoms with Gasteiger partial charge in [-0.05, 0) is 44.5 Å². The molecule has 0 radical (unpaired) electrons. The van der Waals surface area contributed by atoms with Gasteiger partial charge in [0.15, 0.2) is 0 Å². The first-order chi connectivity index (χ1) is 8.58. The fourth-order valence-corrected chi connectivity index (χ4v) is 2.15. The summed E-state index contributed by atoms with van der Waals surface area (Å²) < 4.78 is 26.6. The summed E-state index contributed by atoms with van der Waals surface area (Å²) in [6, 6.07) is 2.48. The predicted octanol–water partition coefficient (Wildman–Crippen LogP) is 1.89. The molecule has 0 aliphatic carbocycles. The molecule has 2 atom stereocenters. The summed E-state index contributed by atoms with van der Waals surface area (Å²) in [5.41, 5.74) is 0.168. The molecule has 0 bridgehead atoms. The van der Waals surface area contributed by atoms with Crippen LogP contribution in [0, 0.1) is 11.6 Å². The van der Waals surface area contributed by atoms with Crippen LogP contribution in [0.15, 0.2) is 18.2 Å². The third kappa shape index (κ3) is 2.85. The Kier molecular flexibility index (Phi) is 3.91. The van der Waals surface area contributed by atoms with Gasteiger partial charge in [0.05, 0.1) is 12.1 Å². The van der Waals surface area contributed by atoms with E-state index in [0.29, 0.717) is 0 Å². The van der Waals surface area contributed by atoms with Gasteiger partial charge < -0.3 is 10.6 Å². The third-order valence-corrected chi connectivity index (χ3v) is 3.16. The lowest BCUT2D eigenvalue weighted by atomic mass is 10.1. The van der Waals surface area contributed by atoms with Crippen molar-refractivity contribution >= 4 is 5.91 Å². The molecule has 18 heavy (non-hydrogen) atoms. The predicted molar refractivity (Wildman–Crippen MR) is 63.9 cm³/mol. The second-order valence-electron chi connectivity index (χ2n) is 4.55. The highest BCUT2D eigenvalue weighted by Crippen LogP contribution is 2.18. The minimum atomic E-state index is -0.546. The molecular weight excluding hydrogens is 238 g/mol. The van der Waals surface area contributed by atoms with E-state index in [0.717, 1.165) is 37.6 Å². The molecule has 2 N–H and O–H groups in total. The topological polar surface area (TPSA) is 41.1 Å². The molecule has 1 unspecified atom stereocenters. The molecule has 1 heterocycles. The molecule has 0 spiro atoms. The Hall–Kier alpha value is -1.49. The van der Waals surface area contributed by atoms with Crippen LogP contribution >= 0.6 is 0 Å². The highest BCUT2D eigenvalue weighted by molar-refractivity contribution is 5.82. The van der Waals surface area contributed by atoms with E-state index >= 15 is 0 Å². The van der Waals surface area contributed by atoms with Gasteiger partial charge in [-0.15, -0.1) is 0 Å². The van der Waals surface area contributed by atoms with E-state index in [4.69, 9.17) is 0 Å². The molecule has 1 aliphatic rings. The van der Waals surface area contributed by atoms with Gasteiger partial charge in [0.1, 0.15) is 11.6 Å². The van der Waals surface area contributed by atoms with E-state index in [1.165, 1.54) is 0 Å². The monoisotopic (exact) mass is 254 g/mol. The number of hydrogen-bond acceptors (Lipinski definition) is 2. The van der Waals surface area contributed by atoms with E-state index in [1.807, 2.05) is 0 Å². The van der Waals surface area contributed by atoms with E-state index in [2.05, 4.69) is 10.6 Å². The van der Waals surface area contributed by atoms with Crippen molar-refractivity contribution in [1.82, 2.24) is 10.6 Å². The normalized spacial score (nSPS) is 20.7. The number of rotatable bonds is 3. The zero-order chi connectivity index (χ0) is 13.1. The summed E-state index contributed by atoms with van der Waals surface area (Å²) in [6.07, 6.45) is 1.74. The first-order valence-electron chi connectivity index (χ1n) is 6.06. The number of benzene rings is 1. The van der Waals surface area contributed by atoms with E-state index in [9.17, 15) is 13.6 Å². The minimum absolute atomic E-state index is 0.163. The second-order valence-corrected chi connectivity index (χ2v) is 4.55. The third-order valence-electron chi connectivity index (χ3n) is 3.16. The second kappa shape index (κ2) is 5.44. The molecular formula is C13H16F2N2O.